The summed E-state index contributed by atoms with van der Waals surface area (Å²) in [5.41, 5.74) is 5.40. The van der Waals surface area contributed by atoms with E-state index in [2.05, 4.69) is 63.1 Å². The van der Waals surface area contributed by atoms with E-state index < -0.39 is 0 Å². The van der Waals surface area contributed by atoms with Crippen molar-refractivity contribution < 1.29 is 0 Å². The summed E-state index contributed by atoms with van der Waals surface area (Å²) in [7, 11) is 0. The van der Waals surface area contributed by atoms with Crippen molar-refractivity contribution in [2.75, 3.05) is 0 Å². The maximum Gasteiger partial charge on any atom is 0.143 e. The van der Waals surface area contributed by atoms with Crippen molar-refractivity contribution in [3.63, 3.8) is 0 Å². The van der Waals surface area contributed by atoms with Gasteiger partial charge in [0.05, 0.1) is 17.9 Å². The largest absolute Gasteiger partial charge is 0.248 e. The molecule has 2 heterocycles. The molecule has 0 aliphatic rings. The van der Waals surface area contributed by atoms with Crippen LogP contribution in [0.15, 0.2) is 61.1 Å². The van der Waals surface area contributed by atoms with E-state index in [0.29, 0.717) is 6.54 Å². The van der Waals surface area contributed by atoms with E-state index in [4.69, 9.17) is 0 Å². The van der Waals surface area contributed by atoms with Gasteiger partial charge in [-0.3, -0.25) is 0 Å². The first-order valence-corrected chi connectivity index (χ1v) is 9.14. The van der Waals surface area contributed by atoms with Gasteiger partial charge in [0.1, 0.15) is 6.33 Å². The first-order chi connectivity index (χ1) is 13.3. The van der Waals surface area contributed by atoms with Gasteiger partial charge in [-0.25, -0.2) is 4.68 Å². The number of hydrogen-bond donors (Lipinski definition) is 0. The van der Waals surface area contributed by atoms with Crippen LogP contribution in [0.2, 0.25) is 0 Å². The molecule has 27 heavy (non-hydrogen) atoms. The molecule has 0 radical (unpaired) electrons. The molecule has 4 rings (SSSR count). The minimum atomic E-state index is 0.716. The SMILES string of the molecule is CCCCc1cn(Cc2ccc(-c3ccccc3-n3cnnn3)cc2)nn1. The van der Waals surface area contributed by atoms with Gasteiger partial charge in [-0.2, -0.15) is 4.68 Å². The highest BCUT2D eigenvalue weighted by Crippen LogP contribution is 2.26. The number of unbranched alkanes of at least 4 members (excludes halogenated alkanes) is 1. The number of para-hydroxylation sites is 1. The second-order valence-electron chi connectivity index (χ2n) is 6.48. The van der Waals surface area contributed by atoms with Gasteiger partial charge in [-0.15, -0.1) is 10.2 Å². The molecule has 0 aliphatic heterocycles. The lowest BCUT2D eigenvalue weighted by Gasteiger charge is -2.09. The lowest BCUT2D eigenvalue weighted by atomic mass is 10.0. The quantitative estimate of drug-likeness (QED) is 0.506. The van der Waals surface area contributed by atoms with E-state index in [9.17, 15) is 0 Å². The Kier molecular flexibility index (Phi) is 5.00. The fourth-order valence-corrected chi connectivity index (χ4v) is 3.05. The Labute approximate surface area is 157 Å². The fraction of sp³-hybridized carbons (Fsp3) is 0.250. The van der Waals surface area contributed by atoms with Crippen LogP contribution in [-0.4, -0.2) is 35.2 Å². The molecule has 4 aromatic rings. The zero-order valence-electron chi connectivity index (χ0n) is 15.2. The lowest BCUT2D eigenvalue weighted by Crippen LogP contribution is -2.01. The molecule has 0 spiro atoms. The Balaban J connectivity index is 1.52. The van der Waals surface area contributed by atoms with Crippen LogP contribution in [0, 0.1) is 0 Å². The van der Waals surface area contributed by atoms with Crippen molar-refractivity contribution in [2.24, 2.45) is 0 Å². The van der Waals surface area contributed by atoms with Crippen molar-refractivity contribution in [2.45, 2.75) is 32.7 Å². The van der Waals surface area contributed by atoms with Gasteiger partial charge < -0.3 is 0 Å². The van der Waals surface area contributed by atoms with Crippen molar-refractivity contribution in [3.05, 3.63) is 72.3 Å². The number of rotatable bonds is 7. The number of nitrogens with zero attached hydrogens (tertiary/aromatic N) is 7. The van der Waals surface area contributed by atoms with E-state index in [1.54, 1.807) is 11.0 Å². The number of tetrazole rings is 1. The van der Waals surface area contributed by atoms with Crippen molar-refractivity contribution in [1.29, 1.82) is 0 Å². The Bertz CT molecular complexity index is 987. The molecule has 7 nitrogen and oxygen atoms in total. The average Bonchev–Trinajstić information content (AvgIpc) is 3.39. The summed E-state index contributed by atoms with van der Waals surface area (Å²) >= 11 is 0. The molecule has 2 aromatic heterocycles. The minimum absolute atomic E-state index is 0.716. The zero-order valence-corrected chi connectivity index (χ0v) is 15.2. The van der Waals surface area contributed by atoms with Crippen LogP contribution in [0.5, 0.6) is 0 Å². The van der Waals surface area contributed by atoms with Gasteiger partial charge >= 0.3 is 0 Å². The normalized spacial score (nSPS) is 11.0. The van der Waals surface area contributed by atoms with Gasteiger partial charge in [0, 0.05) is 11.8 Å². The van der Waals surface area contributed by atoms with E-state index in [0.717, 1.165) is 35.3 Å². The first-order valence-electron chi connectivity index (χ1n) is 9.14. The monoisotopic (exact) mass is 359 g/mol. The Morgan fingerprint density at radius 3 is 2.59 bits per heavy atom. The molecule has 0 atom stereocenters. The maximum absolute atomic E-state index is 4.25. The second kappa shape index (κ2) is 7.90. The van der Waals surface area contributed by atoms with Crippen LogP contribution in [0.1, 0.15) is 31.0 Å². The van der Waals surface area contributed by atoms with Crippen LogP contribution < -0.4 is 0 Å². The van der Waals surface area contributed by atoms with Gasteiger partial charge in [0.25, 0.3) is 0 Å². The predicted octanol–water partition coefficient (Wildman–Crippen LogP) is 3.31. The molecule has 136 valence electrons. The van der Waals surface area contributed by atoms with Gasteiger partial charge in [0.15, 0.2) is 0 Å². The summed E-state index contributed by atoms with van der Waals surface area (Å²) in [4.78, 5) is 0. The molecule has 2 aromatic carbocycles. The number of aromatic nitrogens is 7. The highest BCUT2D eigenvalue weighted by Gasteiger charge is 2.08. The third-order valence-electron chi connectivity index (χ3n) is 4.48. The highest BCUT2D eigenvalue weighted by atomic mass is 15.5. The first kappa shape index (κ1) is 17.1. The Morgan fingerprint density at radius 2 is 1.81 bits per heavy atom. The molecule has 0 amide bonds. The summed E-state index contributed by atoms with van der Waals surface area (Å²) < 4.78 is 3.57. The lowest BCUT2D eigenvalue weighted by molar-refractivity contribution is 0.649. The van der Waals surface area contributed by atoms with Crippen molar-refractivity contribution in [1.82, 2.24) is 35.2 Å². The van der Waals surface area contributed by atoms with Crippen LogP contribution in [0.25, 0.3) is 16.8 Å². The highest BCUT2D eigenvalue weighted by molar-refractivity contribution is 5.72. The molecule has 0 unspecified atom stereocenters. The maximum atomic E-state index is 4.25. The molecule has 0 fully saturated rings. The Hall–Kier alpha value is -3.35. The Morgan fingerprint density at radius 1 is 0.963 bits per heavy atom. The second-order valence-corrected chi connectivity index (χ2v) is 6.48. The summed E-state index contributed by atoms with van der Waals surface area (Å²) in [6, 6.07) is 16.6. The molecule has 0 bridgehead atoms. The van der Waals surface area contributed by atoms with Gasteiger partial charge in [-0.05, 0) is 40.5 Å². The molecule has 0 saturated heterocycles. The zero-order chi connectivity index (χ0) is 18.5. The molecule has 0 N–H and O–H groups in total. The third kappa shape index (κ3) is 3.92. The van der Waals surface area contributed by atoms with E-state index in [1.807, 2.05) is 29.1 Å². The van der Waals surface area contributed by atoms with Crippen molar-refractivity contribution >= 4 is 0 Å². The number of hydrogen-bond acceptors (Lipinski definition) is 5. The summed E-state index contributed by atoms with van der Waals surface area (Å²) in [6.45, 7) is 2.90. The van der Waals surface area contributed by atoms with E-state index in [1.165, 1.54) is 12.0 Å². The van der Waals surface area contributed by atoms with Gasteiger partial charge in [-0.1, -0.05) is 61.0 Å². The third-order valence-corrected chi connectivity index (χ3v) is 4.48. The number of benzene rings is 2. The smallest absolute Gasteiger partial charge is 0.143 e. The van der Waals surface area contributed by atoms with Gasteiger partial charge in [0.2, 0.25) is 0 Å². The fourth-order valence-electron chi connectivity index (χ4n) is 3.05. The molecular weight excluding hydrogens is 338 g/mol. The van der Waals surface area contributed by atoms with Crippen LogP contribution in [-0.2, 0) is 13.0 Å². The summed E-state index contributed by atoms with van der Waals surface area (Å²) in [6.07, 6.45) is 6.95. The predicted molar refractivity (Wildman–Crippen MR) is 102 cm³/mol. The number of aryl methyl sites for hydroxylation is 1. The molecule has 0 saturated carbocycles. The van der Waals surface area contributed by atoms with Crippen LogP contribution in [0.4, 0.5) is 0 Å². The van der Waals surface area contributed by atoms with Crippen molar-refractivity contribution in [3.8, 4) is 16.8 Å². The topological polar surface area (TPSA) is 74.3 Å². The van der Waals surface area contributed by atoms with E-state index >= 15 is 0 Å². The standard InChI is InChI=1S/C20H21N7/c1-2-3-6-18-14-26(24-22-18)13-16-9-11-17(12-10-16)19-7-4-5-8-20(19)27-15-21-23-25-27/h4-5,7-12,14-15H,2-3,6,13H2,1H3. The molecule has 7 heteroatoms. The summed E-state index contributed by atoms with van der Waals surface area (Å²) in [5, 5.41) is 20.0. The van der Waals surface area contributed by atoms with E-state index in [-0.39, 0.29) is 0 Å². The van der Waals surface area contributed by atoms with Crippen LogP contribution in [0.3, 0.4) is 0 Å². The average molecular weight is 359 g/mol. The molecule has 0 aliphatic carbocycles. The summed E-state index contributed by atoms with van der Waals surface area (Å²) in [5.74, 6) is 0. The minimum Gasteiger partial charge on any atom is -0.248 e. The molecular formula is C20H21N7. The van der Waals surface area contributed by atoms with Crippen LogP contribution >= 0.6 is 0 Å².